The predicted octanol–water partition coefficient (Wildman–Crippen LogP) is 2.38. The van der Waals surface area contributed by atoms with Gasteiger partial charge in [0.25, 0.3) is 0 Å². The molecule has 2 nitrogen and oxygen atoms in total. The zero-order chi connectivity index (χ0) is 12.3. The van der Waals surface area contributed by atoms with Crippen LogP contribution in [0.3, 0.4) is 0 Å². The van der Waals surface area contributed by atoms with Gasteiger partial charge in [0.1, 0.15) is 5.82 Å². The number of rotatable bonds is 3. The Morgan fingerprint density at radius 1 is 1.35 bits per heavy atom. The van der Waals surface area contributed by atoms with E-state index in [4.69, 9.17) is 11.6 Å². The molecule has 1 aliphatic rings. The summed E-state index contributed by atoms with van der Waals surface area (Å²) in [7, 11) is 0. The zero-order valence-corrected chi connectivity index (χ0v) is 10.4. The smallest absolute Gasteiger partial charge is 0.127 e. The Morgan fingerprint density at radius 3 is 2.65 bits per heavy atom. The summed E-state index contributed by atoms with van der Waals surface area (Å²) in [6.45, 7) is 1.82. The molecule has 2 N–H and O–H groups in total. The first kappa shape index (κ1) is 12.8. The van der Waals surface area contributed by atoms with Gasteiger partial charge in [0.2, 0.25) is 0 Å². The van der Waals surface area contributed by atoms with E-state index in [9.17, 15) is 9.50 Å². The summed E-state index contributed by atoms with van der Waals surface area (Å²) in [5.41, 5.74) is 0.307. The fourth-order valence-electron chi connectivity index (χ4n) is 2.42. The molecular weight excluding hydrogens is 241 g/mol. The van der Waals surface area contributed by atoms with Gasteiger partial charge in [-0.05, 0) is 44.5 Å². The lowest BCUT2D eigenvalue weighted by Gasteiger charge is -2.36. The summed E-state index contributed by atoms with van der Waals surface area (Å²) < 4.78 is 13.7. The van der Waals surface area contributed by atoms with Crippen LogP contribution in [-0.2, 0) is 6.42 Å². The van der Waals surface area contributed by atoms with Crippen molar-refractivity contribution in [1.82, 2.24) is 5.32 Å². The number of aliphatic hydroxyl groups excluding tert-OH is 1. The zero-order valence-electron chi connectivity index (χ0n) is 9.68. The van der Waals surface area contributed by atoms with Gasteiger partial charge in [0.15, 0.2) is 0 Å². The minimum Gasteiger partial charge on any atom is -0.396 e. The summed E-state index contributed by atoms with van der Waals surface area (Å²) in [5, 5.41) is 13.3. The highest BCUT2D eigenvalue weighted by atomic mass is 35.5. The normalized spacial score (nSPS) is 19.2. The van der Waals surface area contributed by atoms with Crippen molar-refractivity contribution in [2.75, 3.05) is 19.7 Å². The predicted molar refractivity (Wildman–Crippen MR) is 66.7 cm³/mol. The topological polar surface area (TPSA) is 32.3 Å². The maximum absolute atomic E-state index is 13.7. The van der Waals surface area contributed by atoms with Crippen LogP contribution in [0.1, 0.15) is 18.4 Å². The molecule has 0 bridgehead atoms. The van der Waals surface area contributed by atoms with Gasteiger partial charge in [-0.1, -0.05) is 17.7 Å². The second-order valence-corrected chi connectivity index (χ2v) is 5.19. The Balaban J connectivity index is 2.23. The number of hydrogen-bond donors (Lipinski definition) is 2. The van der Waals surface area contributed by atoms with Crippen LogP contribution in [0.4, 0.5) is 4.39 Å². The monoisotopic (exact) mass is 257 g/mol. The number of aliphatic hydroxyl groups is 1. The van der Waals surface area contributed by atoms with E-state index in [-0.39, 0.29) is 17.8 Å². The lowest BCUT2D eigenvalue weighted by atomic mass is 9.75. The van der Waals surface area contributed by atoms with E-state index in [1.165, 1.54) is 6.07 Å². The van der Waals surface area contributed by atoms with E-state index < -0.39 is 0 Å². The molecule has 1 heterocycles. The third-order valence-electron chi connectivity index (χ3n) is 3.61. The second kappa shape index (κ2) is 5.34. The molecule has 2 rings (SSSR count). The molecule has 0 unspecified atom stereocenters. The van der Waals surface area contributed by atoms with Crippen LogP contribution in [0.25, 0.3) is 0 Å². The summed E-state index contributed by atoms with van der Waals surface area (Å²) >= 11 is 6.03. The molecule has 1 aliphatic heterocycles. The molecule has 1 aromatic carbocycles. The number of hydrogen-bond acceptors (Lipinski definition) is 2. The van der Waals surface area contributed by atoms with Crippen molar-refractivity contribution in [3.05, 3.63) is 34.6 Å². The first-order valence-electron chi connectivity index (χ1n) is 5.91. The first-order chi connectivity index (χ1) is 8.17. The summed E-state index contributed by atoms with van der Waals surface area (Å²) in [6, 6.07) is 4.73. The Hall–Kier alpha value is -0.640. The molecular formula is C13H17ClFNO. The van der Waals surface area contributed by atoms with Crippen LogP contribution < -0.4 is 5.32 Å². The molecule has 0 spiro atoms. The van der Waals surface area contributed by atoms with Crippen molar-refractivity contribution >= 4 is 11.6 Å². The van der Waals surface area contributed by atoms with Crippen LogP contribution in [0, 0.1) is 11.2 Å². The highest BCUT2D eigenvalue weighted by Gasteiger charge is 2.33. The summed E-state index contributed by atoms with van der Waals surface area (Å²) in [5.74, 6) is -0.274. The molecule has 0 atom stereocenters. The van der Waals surface area contributed by atoms with Gasteiger partial charge in [-0.2, -0.15) is 0 Å². The Kier molecular flexibility index (Phi) is 4.02. The Morgan fingerprint density at radius 2 is 2.06 bits per heavy atom. The SMILES string of the molecule is OCC1(Cc2c(F)cccc2Cl)CCNCC1. The lowest BCUT2D eigenvalue weighted by molar-refractivity contribution is 0.0885. The molecule has 1 fully saturated rings. The van der Waals surface area contributed by atoms with Gasteiger partial charge in [0, 0.05) is 22.6 Å². The molecule has 4 heteroatoms. The molecule has 1 aromatic rings. The van der Waals surface area contributed by atoms with Gasteiger partial charge in [-0.25, -0.2) is 4.39 Å². The van der Waals surface area contributed by atoms with E-state index in [0.29, 0.717) is 17.0 Å². The third kappa shape index (κ3) is 2.79. The van der Waals surface area contributed by atoms with E-state index in [0.717, 1.165) is 25.9 Å². The van der Waals surface area contributed by atoms with Gasteiger partial charge >= 0.3 is 0 Å². The van der Waals surface area contributed by atoms with Crippen molar-refractivity contribution in [2.24, 2.45) is 5.41 Å². The van der Waals surface area contributed by atoms with Gasteiger partial charge < -0.3 is 10.4 Å². The van der Waals surface area contributed by atoms with Crippen molar-refractivity contribution in [3.8, 4) is 0 Å². The average molecular weight is 258 g/mol. The molecule has 0 aliphatic carbocycles. The van der Waals surface area contributed by atoms with Crippen molar-refractivity contribution in [2.45, 2.75) is 19.3 Å². The fraction of sp³-hybridized carbons (Fsp3) is 0.538. The lowest BCUT2D eigenvalue weighted by Crippen LogP contribution is -2.40. The minimum absolute atomic E-state index is 0.0827. The van der Waals surface area contributed by atoms with Gasteiger partial charge in [0.05, 0.1) is 0 Å². The number of piperidine rings is 1. The molecule has 0 saturated carbocycles. The molecule has 1 saturated heterocycles. The molecule has 0 aromatic heterocycles. The number of benzene rings is 1. The largest absolute Gasteiger partial charge is 0.396 e. The molecule has 17 heavy (non-hydrogen) atoms. The number of nitrogens with one attached hydrogen (secondary N) is 1. The maximum atomic E-state index is 13.7. The fourth-order valence-corrected chi connectivity index (χ4v) is 2.65. The summed E-state index contributed by atoms with van der Waals surface area (Å²) in [6.07, 6.45) is 2.22. The molecule has 0 amide bonds. The Labute approximate surface area is 106 Å². The molecule has 0 radical (unpaired) electrons. The van der Waals surface area contributed by atoms with E-state index in [2.05, 4.69) is 5.32 Å². The highest BCUT2D eigenvalue weighted by molar-refractivity contribution is 6.31. The molecule has 94 valence electrons. The van der Waals surface area contributed by atoms with E-state index in [1.807, 2.05) is 0 Å². The average Bonchev–Trinajstić information content (AvgIpc) is 2.35. The third-order valence-corrected chi connectivity index (χ3v) is 3.97. The van der Waals surface area contributed by atoms with E-state index >= 15 is 0 Å². The summed E-state index contributed by atoms with van der Waals surface area (Å²) in [4.78, 5) is 0. The van der Waals surface area contributed by atoms with Crippen molar-refractivity contribution < 1.29 is 9.50 Å². The maximum Gasteiger partial charge on any atom is 0.127 e. The van der Waals surface area contributed by atoms with Crippen molar-refractivity contribution in [1.29, 1.82) is 0 Å². The highest BCUT2D eigenvalue weighted by Crippen LogP contribution is 2.35. The van der Waals surface area contributed by atoms with E-state index in [1.54, 1.807) is 12.1 Å². The standard InChI is InChI=1S/C13H17ClFNO/c14-11-2-1-3-12(15)10(11)8-13(9-17)4-6-16-7-5-13/h1-3,16-17H,4-9H2. The van der Waals surface area contributed by atoms with Gasteiger partial charge in [-0.15, -0.1) is 0 Å². The van der Waals surface area contributed by atoms with Crippen LogP contribution in [0.5, 0.6) is 0 Å². The van der Waals surface area contributed by atoms with Crippen molar-refractivity contribution in [3.63, 3.8) is 0 Å². The van der Waals surface area contributed by atoms with Crippen LogP contribution >= 0.6 is 11.6 Å². The minimum atomic E-state index is -0.274. The first-order valence-corrected chi connectivity index (χ1v) is 6.29. The second-order valence-electron chi connectivity index (χ2n) is 4.79. The van der Waals surface area contributed by atoms with Gasteiger partial charge in [-0.3, -0.25) is 0 Å². The number of halogens is 2. The van der Waals surface area contributed by atoms with Crippen LogP contribution in [0.2, 0.25) is 5.02 Å². The quantitative estimate of drug-likeness (QED) is 0.872. The van der Waals surface area contributed by atoms with Crippen LogP contribution in [0.15, 0.2) is 18.2 Å². The van der Waals surface area contributed by atoms with Crippen LogP contribution in [-0.4, -0.2) is 24.8 Å². The Bertz CT molecular complexity index is 371.